The summed E-state index contributed by atoms with van der Waals surface area (Å²) in [6, 6.07) is 1.41. The summed E-state index contributed by atoms with van der Waals surface area (Å²) in [4.78, 5) is 13.6. The molecule has 4 nitrogen and oxygen atoms in total. The standard InChI is InChI=1S/C8H11NO3/c1-4-3-6(11)7(5(2)10)8(12)9-4/h3,5,10H,1-2H3,(H2,9,11,12). The van der Waals surface area contributed by atoms with Crippen LogP contribution in [0.2, 0.25) is 0 Å². The van der Waals surface area contributed by atoms with Gasteiger partial charge in [0.15, 0.2) is 0 Å². The van der Waals surface area contributed by atoms with Crippen molar-refractivity contribution >= 4 is 0 Å². The third-order valence-electron chi connectivity index (χ3n) is 1.60. The van der Waals surface area contributed by atoms with Gasteiger partial charge in [0.1, 0.15) is 5.75 Å². The minimum absolute atomic E-state index is 0.0144. The molecule has 0 spiro atoms. The van der Waals surface area contributed by atoms with Crippen LogP contribution < -0.4 is 5.56 Å². The highest BCUT2D eigenvalue weighted by Gasteiger charge is 2.11. The van der Waals surface area contributed by atoms with Crippen LogP contribution in [0.3, 0.4) is 0 Å². The highest BCUT2D eigenvalue weighted by molar-refractivity contribution is 5.32. The van der Waals surface area contributed by atoms with Gasteiger partial charge in [0.05, 0.1) is 11.7 Å². The van der Waals surface area contributed by atoms with E-state index in [1.54, 1.807) is 6.92 Å². The third kappa shape index (κ3) is 1.48. The number of H-pyrrole nitrogens is 1. The summed E-state index contributed by atoms with van der Waals surface area (Å²) in [7, 11) is 0. The maximum Gasteiger partial charge on any atom is 0.257 e. The molecular weight excluding hydrogens is 158 g/mol. The van der Waals surface area contributed by atoms with Crippen molar-refractivity contribution in [1.82, 2.24) is 4.98 Å². The summed E-state index contributed by atoms with van der Waals surface area (Å²) in [5.41, 5.74) is 0.144. The lowest BCUT2D eigenvalue weighted by Crippen LogP contribution is -2.15. The van der Waals surface area contributed by atoms with E-state index in [1.807, 2.05) is 0 Å². The summed E-state index contributed by atoms with van der Waals surface area (Å²) in [6.07, 6.45) is -0.950. The molecule has 66 valence electrons. The topological polar surface area (TPSA) is 73.3 Å². The van der Waals surface area contributed by atoms with Gasteiger partial charge in [-0.1, -0.05) is 0 Å². The van der Waals surface area contributed by atoms with E-state index < -0.39 is 11.7 Å². The molecule has 0 aliphatic carbocycles. The maximum atomic E-state index is 11.1. The smallest absolute Gasteiger partial charge is 0.257 e. The number of pyridine rings is 1. The van der Waals surface area contributed by atoms with Gasteiger partial charge in [0.2, 0.25) is 0 Å². The lowest BCUT2D eigenvalue weighted by Gasteiger charge is -2.06. The fourth-order valence-electron chi connectivity index (χ4n) is 1.09. The Morgan fingerprint density at radius 2 is 2.17 bits per heavy atom. The average molecular weight is 169 g/mol. The molecule has 0 aliphatic rings. The van der Waals surface area contributed by atoms with Crippen molar-refractivity contribution in [3.63, 3.8) is 0 Å². The van der Waals surface area contributed by atoms with Gasteiger partial charge in [-0.15, -0.1) is 0 Å². The Morgan fingerprint density at radius 1 is 1.58 bits per heavy atom. The molecule has 3 N–H and O–H groups in total. The lowest BCUT2D eigenvalue weighted by atomic mass is 10.1. The second-order valence-corrected chi connectivity index (χ2v) is 2.76. The molecule has 1 aromatic heterocycles. The van der Waals surface area contributed by atoms with Gasteiger partial charge in [0, 0.05) is 5.69 Å². The zero-order chi connectivity index (χ0) is 9.30. The number of aromatic nitrogens is 1. The van der Waals surface area contributed by atoms with Crippen molar-refractivity contribution in [2.24, 2.45) is 0 Å². The molecule has 1 heterocycles. The molecule has 0 saturated heterocycles. The van der Waals surface area contributed by atoms with Gasteiger partial charge in [-0.05, 0) is 19.9 Å². The number of hydrogen-bond donors (Lipinski definition) is 3. The number of hydrogen-bond acceptors (Lipinski definition) is 3. The van der Waals surface area contributed by atoms with Gasteiger partial charge in [-0.25, -0.2) is 0 Å². The molecule has 1 atom stereocenters. The number of aliphatic hydroxyl groups is 1. The minimum Gasteiger partial charge on any atom is -0.507 e. The maximum absolute atomic E-state index is 11.1. The van der Waals surface area contributed by atoms with Crippen molar-refractivity contribution in [2.45, 2.75) is 20.0 Å². The molecular formula is C8H11NO3. The molecule has 12 heavy (non-hydrogen) atoms. The molecule has 0 aliphatic heterocycles. The van der Waals surface area contributed by atoms with E-state index in [9.17, 15) is 9.90 Å². The number of aryl methyl sites for hydroxylation is 1. The van der Waals surface area contributed by atoms with Crippen LogP contribution in [0.15, 0.2) is 10.9 Å². The monoisotopic (exact) mass is 169 g/mol. The zero-order valence-corrected chi connectivity index (χ0v) is 6.96. The van der Waals surface area contributed by atoms with E-state index in [1.165, 1.54) is 13.0 Å². The number of rotatable bonds is 1. The molecule has 0 saturated carbocycles. The Bertz CT molecular complexity index is 341. The van der Waals surface area contributed by atoms with Gasteiger partial charge in [-0.3, -0.25) is 4.79 Å². The van der Waals surface area contributed by atoms with Crippen LogP contribution in [-0.2, 0) is 0 Å². The van der Waals surface area contributed by atoms with E-state index in [4.69, 9.17) is 5.11 Å². The summed E-state index contributed by atoms with van der Waals surface area (Å²) in [6.45, 7) is 3.09. The van der Waals surface area contributed by atoms with Crippen LogP contribution in [0.4, 0.5) is 0 Å². The summed E-state index contributed by atoms with van der Waals surface area (Å²) < 4.78 is 0. The highest BCUT2D eigenvalue weighted by Crippen LogP contribution is 2.19. The first kappa shape index (κ1) is 8.80. The summed E-state index contributed by atoms with van der Waals surface area (Å²) in [5.74, 6) is -0.161. The zero-order valence-electron chi connectivity index (χ0n) is 6.96. The molecule has 0 fully saturated rings. The molecule has 1 rings (SSSR count). The van der Waals surface area contributed by atoms with E-state index >= 15 is 0 Å². The second-order valence-electron chi connectivity index (χ2n) is 2.76. The predicted octanol–water partition coefficient (Wildman–Crippen LogP) is 0.442. The first-order chi connectivity index (χ1) is 5.52. The van der Waals surface area contributed by atoms with Gasteiger partial charge in [0.25, 0.3) is 5.56 Å². The predicted molar refractivity (Wildman–Crippen MR) is 44.1 cm³/mol. The van der Waals surface area contributed by atoms with Gasteiger partial charge < -0.3 is 15.2 Å². The quantitative estimate of drug-likeness (QED) is 0.571. The highest BCUT2D eigenvalue weighted by atomic mass is 16.3. The second kappa shape index (κ2) is 2.98. The van der Waals surface area contributed by atoms with Crippen molar-refractivity contribution in [3.8, 4) is 5.75 Å². The first-order valence-electron chi connectivity index (χ1n) is 3.63. The number of aliphatic hydroxyl groups excluding tert-OH is 1. The fourth-order valence-corrected chi connectivity index (χ4v) is 1.09. The van der Waals surface area contributed by atoms with Crippen LogP contribution in [0.1, 0.15) is 24.3 Å². The normalized spacial score (nSPS) is 12.9. The number of aromatic hydroxyl groups is 1. The van der Waals surface area contributed by atoms with E-state index in [2.05, 4.69) is 4.98 Å². The largest absolute Gasteiger partial charge is 0.507 e. The van der Waals surface area contributed by atoms with Gasteiger partial charge in [-0.2, -0.15) is 0 Å². The first-order valence-corrected chi connectivity index (χ1v) is 3.63. The molecule has 0 bridgehead atoms. The molecule has 1 aromatic rings. The van der Waals surface area contributed by atoms with Crippen LogP contribution >= 0.6 is 0 Å². The Balaban J connectivity index is 3.39. The summed E-state index contributed by atoms with van der Waals surface area (Å²) >= 11 is 0. The van der Waals surface area contributed by atoms with Crippen LogP contribution in [0.5, 0.6) is 5.75 Å². The SMILES string of the molecule is Cc1cc(O)c(C(C)O)c(=O)[nH]1. The van der Waals surface area contributed by atoms with Crippen molar-refractivity contribution < 1.29 is 10.2 Å². The van der Waals surface area contributed by atoms with Crippen molar-refractivity contribution in [3.05, 3.63) is 27.7 Å². The summed E-state index contributed by atoms with van der Waals surface area (Å²) in [5, 5.41) is 18.4. The van der Waals surface area contributed by atoms with E-state index in [0.717, 1.165) is 0 Å². The van der Waals surface area contributed by atoms with Crippen LogP contribution in [0.25, 0.3) is 0 Å². The van der Waals surface area contributed by atoms with Crippen molar-refractivity contribution in [2.75, 3.05) is 0 Å². The molecule has 4 heteroatoms. The molecule has 0 amide bonds. The Kier molecular flexibility index (Phi) is 2.19. The molecule has 0 aromatic carbocycles. The number of aromatic amines is 1. The lowest BCUT2D eigenvalue weighted by molar-refractivity contribution is 0.193. The Morgan fingerprint density at radius 3 is 2.58 bits per heavy atom. The molecule has 0 radical (unpaired) electrons. The third-order valence-corrected chi connectivity index (χ3v) is 1.60. The van der Waals surface area contributed by atoms with Gasteiger partial charge >= 0.3 is 0 Å². The fraction of sp³-hybridized carbons (Fsp3) is 0.375. The van der Waals surface area contributed by atoms with Crippen LogP contribution in [-0.4, -0.2) is 15.2 Å². The Hall–Kier alpha value is -1.29. The average Bonchev–Trinajstić information content (AvgIpc) is 1.82. The number of nitrogens with one attached hydrogen (secondary N) is 1. The van der Waals surface area contributed by atoms with E-state index in [0.29, 0.717) is 5.69 Å². The van der Waals surface area contributed by atoms with E-state index in [-0.39, 0.29) is 11.3 Å². The Labute approximate surface area is 69.5 Å². The minimum atomic E-state index is -0.950. The van der Waals surface area contributed by atoms with Crippen LogP contribution in [0, 0.1) is 6.92 Å². The molecule has 1 unspecified atom stereocenters. The van der Waals surface area contributed by atoms with Crippen molar-refractivity contribution in [1.29, 1.82) is 0 Å².